The van der Waals surface area contributed by atoms with Crippen LogP contribution in [0.2, 0.25) is 0 Å². The van der Waals surface area contributed by atoms with Crippen molar-refractivity contribution in [2.45, 2.75) is 0 Å². The molecule has 0 atom stereocenters. The minimum absolute atomic E-state index is 0.0132. The smallest absolute Gasteiger partial charge is 0.131 e. The number of benzene rings is 1. The molecule has 1 aromatic carbocycles. The highest BCUT2D eigenvalue weighted by Crippen LogP contribution is 1.97. The van der Waals surface area contributed by atoms with Gasteiger partial charge in [0, 0.05) is 5.56 Å². The van der Waals surface area contributed by atoms with Gasteiger partial charge >= 0.3 is 0 Å². The Bertz CT molecular complexity index is 437. The standard InChI is InChI=1S/C11H11ClN4/c12-9(13)6-7-10(14)16-11(15)8-4-2-1-3-5-8/h1-7,13H,(H3,14,15,16)/b7-6-,13-9?. The van der Waals surface area contributed by atoms with Crippen LogP contribution in [0.5, 0.6) is 0 Å². The van der Waals surface area contributed by atoms with Crippen molar-refractivity contribution in [1.82, 2.24) is 5.32 Å². The number of amidine groups is 2. The lowest BCUT2D eigenvalue weighted by atomic mass is 10.2. The lowest BCUT2D eigenvalue weighted by molar-refractivity contribution is 1.25. The fraction of sp³-hybridized carbons (Fsp3) is 0. The van der Waals surface area contributed by atoms with Crippen LogP contribution in [-0.4, -0.2) is 16.8 Å². The monoisotopic (exact) mass is 234 g/mol. The predicted octanol–water partition coefficient (Wildman–Crippen LogP) is 2.35. The molecule has 4 N–H and O–H groups in total. The molecule has 0 aromatic heterocycles. The van der Waals surface area contributed by atoms with Crippen molar-refractivity contribution >= 4 is 28.4 Å². The van der Waals surface area contributed by atoms with Gasteiger partial charge in [0.25, 0.3) is 0 Å². The highest BCUT2D eigenvalue weighted by atomic mass is 35.5. The normalized spacial score (nSPS) is 10.1. The van der Waals surface area contributed by atoms with Crippen LogP contribution in [0.1, 0.15) is 5.56 Å². The zero-order valence-electron chi connectivity index (χ0n) is 8.42. The van der Waals surface area contributed by atoms with Crippen LogP contribution in [0.25, 0.3) is 0 Å². The molecule has 4 nitrogen and oxygen atoms in total. The predicted molar refractivity (Wildman–Crippen MR) is 66.9 cm³/mol. The molecule has 1 rings (SSSR count). The number of hydrogen-bond donors (Lipinski definition) is 4. The molecule has 0 bridgehead atoms. The van der Waals surface area contributed by atoms with Crippen LogP contribution in [0.15, 0.2) is 42.5 Å². The molecule has 0 aliphatic carbocycles. The van der Waals surface area contributed by atoms with E-state index in [1.165, 1.54) is 12.2 Å². The summed E-state index contributed by atoms with van der Waals surface area (Å²) in [6, 6.07) is 9.04. The Hall–Kier alpha value is -1.94. The second-order valence-electron chi connectivity index (χ2n) is 2.96. The van der Waals surface area contributed by atoms with Crippen molar-refractivity contribution in [3.8, 4) is 0 Å². The highest BCUT2D eigenvalue weighted by Gasteiger charge is 2.00. The molecular weight excluding hydrogens is 224 g/mol. The summed E-state index contributed by atoms with van der Waals surface area (Å²) in [5, 5.41) is 24.5. The highest BCUT2D eigenvalue weighted by molar-refractivity contribution is 6.67. The summed E-state index contributed by atoms with van der Waals surface area (Å²) in [5.74, 6) is 0.149. The average molecular weight is 235 g/mol. The number of allylic oxidation sites excluding steroid dienone is 1. The van der Waals surface area contributed by atoms with E-state index >= 15 is 0 Å². The van der Waals surface area contributed by atoms with E-state index in [0.717, 1.165) is 0 Å². The van der Waals surface area contributed by atoms with Gasteiger partial charge < -0.3 is 5.32 Å². The van der Waals surface area contributed by atoms with Gasteiger partial charge in [-0.3, -0.25) is 16.2 Å². The molecule has 0 aliphatic rings. The van der Waals surface area contributed by atoms with Gasteiger partial charge in [-0.2, -0.15) is 0 Å². The maximum Gasteiger partial charge on any atom is 0.131 e. The molecule has 0 aliphatic heterocycles. The zero-order chi connectivity index (χ0) is 12.0. The van der Waals surface area contributed by atoms with Gasteiger partial charge in [0.05, 0.1) is 0 Å². The number of halogens is 1. The van der Waals surface area contributed by atoms with Crippen molar-refractivity contribution in [1.29, 1.82) is 16.2 Å². The van der Waals surface area contributed by atoms with Gasteiger partial charge in [0.15, 0.2) is 0 Å². The Balaban J connectivity index is 2.59. The molecule has 0 radical (unpaired) electrons. The molecule has 5 heteroatoms. The Morgan fingerprint density at radius 3 is 2.25 bits per heavy atom. The largest absolute Gasteiger partial charge is 0.325 e. The van der Waals surface area contributed by atoms with Crippen LogP contribution in [0, 0.1) is 16.2 Å². The second kappa shape index (κ2) is 5.82. The molecule has 82 valence electrons. The second-order valence-corrected chi connectivity index (χ2v) is 3.37. The van der Waals surface area contributed by atoms with Crippen LogP contribution in [0.3, 0.4) is 0 Å². The SMILES string of the molecule is N=C(Cl)/C=C\C(=N)NC(=N)c1ccccc1. The fourth-order valence-electron chi connectivity index (χ4n) is 1.01. The summed E-state index contributed by atoms with van der Waals surface area (Å²) >= 11 is 5.29. The van der Waals surface area contributed by atoms with E-state index in [2.05, 4.69) is 5.32 Å². The van der Waals surface area contributed by atoms with Gasteiger partial charge in [-0.15, -0.1) is 0 Å². The summed E-state index contributed by atoms with van der Waals surface area (Å²) in [4.78, 5) is 0. The lowest BCUT2D eigenvalue weighted by Gasteiger charge is -2.05. The van der Waals surface area contributed by atoms with Crippen LogP contribution < -0.4 is 5.32 Å². The molecule has 16 heavy (non-hydrogen) atoms. The van der Waals surface area contributed by atoms with Gasteiger partial charge in [-0.1, -0.05) is 41.9 Å². The average Bonchev–Trinajstić information content (AvgIpc) is 2.27. The Morgan fingerprint density at radius 2 is 1.69 bits per heavy atom. The summed E-state index contributed by atoms with van der Waals surface area (Å²) in [5.41, 5.74) is 0.696. The van der Waals surface area contributed by atoms with E-state index in [1.54, 1.807) is 12.1 Å². The Morgan fingerprint density at radius 1 is 1.06 bits per heavy atom. The summed E-state index contributed by atoms with van der Waals surface area (Å²) in [6.45, 7) is 0. The third-order valence-electron chi connectivity index (χ3n) is 1.72. The topological polar surface area (TPSA) is 83.6 Å². The summed E-state index contributed by atoms with van der Waals surface area (Å²) in [7, 11) is 0. The van der Waals surface area contributed by atoms with Crippen molar-refractivity contribution < 1.29 is 0 Å². The first-order chi connectivity index (χ1) is 7.59. The molecular formula is C11H11ClN4. The summed E-state index contributed by atoms with van der Waals surface area (Å²) < 4.78 is 0. The molecule has 0 unspecified atom stereocenters. The molecule has 0 spiro atoms. The van der Waals surface area contributed by atoms with E-state index in [9.17, 15) is 0 Å². The lowest BCUT2D eigenvalue weighted by Crippen LogP contribution is -2.28. The molecule has 1 aromatic rings. The van der Waals surface area contributed by atoms with E-state index < -0.39 is 0 Å². The van der Waals surface area contributed by atoms with Crippen molar-refractivity contribution in [3.63, 3.8) is 0 Å². The van der Waals surface area contributed by atoms with Gasteiger partial charge in [-0.05, 0) is 12.2 Å². The minimum atomic E-state index is -0.155. The zero-order valence-corrected chi connectivity index (χ0v) is 9.18. The van der Waals surface area contributed by atoms with Crippen molar-refractivity contribution in [2.75, 3.05) is 0 Å². The van der Waals surface area contributed by atoms with Crippen molar-refractivity contribution in [3.05, 3.63) is 48.0 Å². The molecule has 0 saturated heterocycles. The van der Waals surface area contributed by atoms with Gasteiger partial charge in [0.2, 0.25) is 0 Å². The van der Waals surface area contributed by atoms with Gasteiger partial charge in [0.1, 0.15) is 16.8 Å². The first kappa shape index (κ1) is 12.1. The van der Waals surface area contributed by atoms with Crippen LogP contribution in [0.4, 0.5) is 0 Å². The molecule has 0 saturated carbocycles. The number of rotatable bonds is 3. The maximum atomic E-state index is 7.67. The van der Waals surface area contributed by atoms with E-state index in [1.807, 2.05) is 18.2 Å². The van der Waals surface area contributed by atoms with E-state index in [4.69, 9.17) is 27.8 Å². The van der Waals surface area contributed by atoms with Gasteiger partial charge in [-0.25, -0.2) is 0 Å². The quantitative estimate of drug-likeness (QED) is 0.470. The fourth-order valence-corrected chi connectivity index (χ4v) is 1.07. The molecule has 0 fully saturated rings. The molecule has 0 amide bonds. The van der Waals surface area contributed by atoms with E-state index in [0.29, 0.717) is 5.56 Å². The maximum absolute atomic E-state index is 7.67. The third kappa shape index (κ3) is 4.06. The van der Waals surface area contributed by atoms with Crippen LogP contribution >= 0.6 is 11.6 Å². The van der Waals surface area contributed by atoms with E-state index in [-0.39, 0.29) is 16.8 Å². The minimum Gasteiger partial charge on any atom is -0.325 e. The Kier molecular flexibility index (Phi) is 4.42. The first-order valence-electron chi connectivity index (χ1n) is 4.51. The Labute approximate surface area is 98.5 Å². The third-order valence-corrected chi connectivity index (χ3v) is 1.84. The number of hydrogen-bond acceptors (Lipinski definition) is 3. The first-order valence-corrected chi connectivity index (χ1v) is 4.89. The molecule has 0 heterocycles. The number of nitrogens with one attached hydrogen (secondary N) is 4. The van der Waals surface area contributed by atoms with Crippen molar-refractivity contribution in [2.24, 2.45) is 0 Å². The van der Waals surface area contributed by atoms with Crippen LogP contribution in [-0.2, 0) is 0 Å². The summed E-state index contributed by atoms with van der Waals surface area (Å²) in [6.07, 6.45) is 2.60.